The summed E-state index contributed by atoms with van der Waals surface area (Å²) in [5.41, 5.74) is 1.07. The molecule has 0 aliphatic heterocycles. The third-order valence-electron chi connectivity index (χ3n) is 4.10. The Morgan fingerprint density at radius 1 is 0.926 bits per heavy atom. The van der Waals surface area contributed by atoms with Crippen molar-refractivity contribution in [2.24, 2.45) is 4.99 Å². The Kier molecular flexibility index (Phi) is 14.9. The molecule has 0 unspecified atom stereocenters. The maximum atomic E-state index is 5.54. The molecule has 0 bridgehead atoms. The molecule has 0 saturated carbocycles. The zero-order valence-electron chi connectivity index (χ0n) is 17.4. The number of methoxy groups -OCH3 is 3. The molecular weight excluding hydrogens is 457 g/mol. The molecule has 0 aliphatic rings. The van der Waals surface area contributed by atoms with E-state index < -0.39 is 0 Å². The summed E-state index contributed by atoms with van der Waals surface area (Å²) >= 11 is 0. The van der Waals surface area contributed by atoms with Gasteiger partial charge in [0.2, 0.25) is 5.75 Å². The number of nitrogens with one attached hydrogen (secondary N) is 2. The Balaban J connectivity index is 0.00000676. The molecule has 0 radical (unpaired) electrons. The Labute approximate surface area is 181 Å². The second-order valence-electron chi connectivity index (χ2n) is 5.99. The third-order valence-corrected chi connectivity index (χ3v) is 4.10. The summed E-state index contributed by atoms with van der Waals surface area (Å²) in [5, 5.41) is 6.68. The van der Waals surface area contributed by atoms with Crippen molar-refractivity contribution >= 4 is 29.9 Å². The summed E-state index contributed by atoms with van der Waals surface area (Å²) in [6.07, 6.45) is 5.69. The van der Waals surface area contributed by atoms with Crippen LogP contribution < -0.4 is 24.8 Å². The lowest BCUT2D eigenvalue weighted by atomic mass is 10.1. The lowest BCUT2D eigenvalue weighted by molar-refractivity contribution is 0.322. The molecule has 0 aliphatic carbocycles. The average molecular weight is 493 g/mol. The fourth-order valence-electron chi connectivity index (χ4n) is 2.75. The van der Waals surface area contributed by atoms with Crippen molar-refractivity contribution in [3.05, 3.63) is 17.7 Å². The van der Waals surface area contributed by atoms with Crippen molar-refractivity contribution < 1.29 is 14.2 Å². The molecule has 27 heavy (non-hydrogen) atoms. The van der Waals surface area contributed by atoms with E-state index in [9.17, 15) is 0 Å². The van der Waals surface area contributed by atoms with E-state index in [1.54, 1.807) is 21.3 Å². The number of aliphatic imine (C=N–C) groups is 1. The highest BCUT2D eigenvalue weighted by Gasteiger charge is 2.15. The van der Waals surface area contributed by atoms with Crippen LogP contribution in [0.3, 0.4) is 0 Å². The number of unbranched alkanes of at least 4 members (excludes halogenated alkanes) is 3. The van der Waals surface area contributed by atoms with Crippen molar-refractivity contribution in [3.63, 3.8) is 0 Å². The van der Waals surface area contributed by atoms with Crippen molar-refractivity contribution in [1.29, 1.82) is 0 Å². The van der Waals surface area contributed by atoms with Crippen molar-refractivity contribution in [1.82, 2.24) is 10.6 Å². The summed E-state index contributed by atoms with van der Waals surface area (Å²) in [6, 6.07) is 3.92. The lowest BCUT2D eigenvalue weighted by Gasteiger charge is -2.16. The molecule has 0 spiro atoms. The number of benzene rings is 1. The van der Waals surface area contributed by atoms with Gasteiger partial charge >= 0.3 is 0 Å². The van der Waals surface area contributed by atoms with Gasteiger partial charge in [-0.1, -0.05) is 32.3 Å². The van der Waals surface area contributed by atoms with E-state index in [1.807, 2.05) is 12.1 Å². The molecule has 1 rings (SSSR count). The van der Waals surface area contributed by atoms with Gasteiger partial charge in [-0.2, -0.15) is 0 Å². The molecule has 1 aromatic rings. The molecular formula is C20H36IN3O3. The predicted octanol–water partition coefficient (Wildman–Crippen LogP) is 4.01. The molecule has 6 nitrogen and oxygen atoms in total. The van der Waals surface area contributed by atoms with Gasteiger partial charge < -0.3 is 24.8 Å². The molecule has 0 heterocycles. The largest absolute Gasteiger partial charge is 0.493 e. The van der Waals surface area contributed by atoms with E-state index in [2.05, 4.69) is 29.5 Å². The first-order valence-electron chi connectivity index (χ1n) is 9.51. The molecule has 2 N–H and O–H groups in total. The van der Waals surface area contributed by atoms with Gasteiger partial charge in [-0.3, -0.25) is 4.99 Å². The van der Waals surface area contributed by atoms with E-state index in [4.69, 9.17) is 14.2 Å². The van der Waals surface area contributed by atoms with Crippen LogP contribution in [0.2, 0.25) is 0 Å². The van der Waals surface area contributed by atoms with Crippen LogP contribution in [-0.2, 0) is 6.42 Å². The Hall–Kier alpha value is -1.38. The third kappa shape index (κ3) is 8.90. The number of rotatable bonds is 12. The fourth-order valence-corrected chi connectivity index (χ4v) is 2.75. The van der Waals surface area contributed by atoms with E-state index >= 15 is 0 Å². The van der Waals surface area contributed by atoms with Crippen LogP contribution in [0.4, 0.5) is 0 Å². The van der Waals surface area contributed by atoms with Crippen LogP contribution in [0.5, 0.6) is 17.2 Å². The van der Waals surface area contributed by atoms with Crippen LogP contribution >= 0.6 is 24.0 Å². The molecule has 0 fully saturated rings. The summed E-state index contributed by atoms with van der Waals surface area (Å²) in [7, 11) is 4.89. The summed E-state index contributed by atoms with van der Waals surface area (Å²) in [5.74, 6) is 2.88. The first-order valence-corrected chi connectivity index (χ1v) is 9.51. The van der Waals surface area contributed by atoms with Crippen LogP contribution in [0.15, 0.2) is 17.1 Å². The van der Waals surface area contributed by atoms with Crippen molar-refractivity contribution in [2.45, 2.75) is 46.0 Å². The van der Waals surface area contributed by atoms with Crippen molar-refractivity contribution in [2.75, 3.05) is 41.0 Å². The maximum absolute atomic E-state index is 5.54. The van der Waals surface area contributed by atoms with E-state index in [-0.39, 0.29) is 24.0 Å². The van der Waals surface area contributed by atoms with Crippen LogP contribution in [0.1, 0.15) is 45.1 Å². The molecule has 156 valence electrons. The van der Waals surface area contributed by atoms with Gasteiger partial charge in [0.05, 0.1) is 21.3 Å². The van der Waals surface area contributed by atoms with E-state index in [0.717, 1.165) is 49.7 Å². The van der Waals surface area contributed by atoms with Gasteiger partial charge in [-0.05, 0) is 25.8 Å². The standard InChI is InChI=1S/C20H35N3O3.HI/c1-6-8-9-10-14-22-20(21-7-2)23-15-13-16-11-12-17(24-3)19(26-5)18(16)25-4;/h11-12H,6-10,13-15H2,1-5H3,(H2,21,22,23);1H. The topological polar surface area (TPSA) is 64.1 Å². The number of nitrogens with zero attached hydrogens (tertiary/aromatic N) is 1. The monoisotopic (exact) mass is 493 g/mol. The van der Waals surface area contributed by atoms with Gasteiger partial charge in [-0.15, -0.1) is 24.0 Å². The van der Waals surface area contributed by atoms with Crippen molar-refractivity contribution in [3.8, 4) is 17.2 Å². The van der Waals surface area contributed by atoms with Crippen LogP contribution in [0.25, 0.3) is 0 Å². The highest BCUT2D eigenvalue weighted by Crippen LogP contribution is 2.39. The second kappa shape index (κ2) is 15.7. The van der Waals surface area contributed by atoms with Gasteiger partial charge in [0.25, 0.3) is 0 Å². The number of halogens is 1. The Morgan fingerprint density at radius 2 is 1.67 bits per heavy atom. The molecule has 0 saturated heterocycles. The molecule has 7 heteroatoms. The lowest BCUT2D eigenvalue weighted by Crippen LogP contribution is -2.38. The number of guanidine groups is 1. The van der Waals surface area contributed by atoms with Crippen LogP contribution in [-0.4, -0.2) is 46.9 Å². The minimum absolute atomic E-state index is 0. The second-order valence-corrected chi connectivity index (χ2v) is 5.99. The Morgan fingerprint density at radius 3 is 2.26 bits per heavy atom. The zero-order chi connectivity index (χ0) is 19.2. The molecule has 0 amide bonds. The zero-order valence-corrected chi connectivity index (χ0v) is 19.7. The van der Waals surface area contributed by atoms with Gasteiger partial charge in [0, 0.05) is 25.2 Å². The highest BCUT2D eigenvalue weighted by atomic mass is 127. The SMILES string of the molecule is CCCCCCN=C(NCC)NCCc1ccc(OC)c(OC)c1OC.I. The Bertz CT molecular complexity index is 554. The minimum Gasteiger partial charge on any atom is -0.493 e. The summed E-state index contributed by atoms with van der Waals surface area (Å²) in [6.45, 7) is 6.76. The van der Waals surface area contributed by atoms with Crippen LogP contribution in [0, 0.1) is 0 Å². The van der Waals surface area contributed by atoms with Gasteiger partial charge in [-0.25, -0.2) is 0 Å². The van der Waals surface area contributed by atoms with Gasteiger partial charge in [0.15, 0.2) is 17.5 Å². The average Bonchev–Trinajstić information content (AvgIpc) is 2.66. The molecule has 1 aromatic carbocycles. The quantitative estimate of drug-likeness (QED) is 0.200. The minimum atomic E-state index is 0. The molecule has 0 atom stereocenters. The first-order chi connectivity index (χ1) is 12.7. The number of ether oxygens (including phenoxy) is 3. The number of hydrogen-bond donors (Lipinski definition) is 2. The molecule has 0 aromatic heterocycles. The first kappa shape index (κ1) is 25.6. The predicted molar refractivity (Wildman–Crippen MR) is 123 cm³/mol. The van der Waals surface area contributed by atoms with E-state index in [1.165, 1.54) is 19.3 Å². The number of hydrogen-bond acceptors (Lipinski definition) is 4. The fraction of sp³-hybridized carbons (Fsp3) is 0.650. The van der Waals surface area contributed by atoms with Gasteiger partial charge in [0.1, 0.15) is 0 Å². The van der Waals surface area contributed by atoms with E-state index in [0.29, 0.717) is 11.5 Å². The maximum Gasteiger partial charge on any atom is 0.203 e. The summed E-state index contributed by atoms with van der Waals surface area (Å²) < 4.78 is 16.3. The normalized spacial score (nSPS) is 10.8. The highest BCUT2D eigenvalue weighted by molar-refractivity contribution is 14.0. The smallest absolute Gasteiger partial charge is 0.203 e. The summed E-state index contributed by atoms with van der Waals surface area (Å²) in [4.78, 5) is 4.64.